The summed E-state index contributed by atoms with van der Waals surface area (Å²) in [4.78, 5) is 24.2. The Morgan fingerprint density at radius 3 is 2.67 bits per heavy atom. The van der Waals surface area contributed by atoms with Gasteiger partial charge in [-0.15, -0.1) is 0 Å². The number of allylic oxidation sites excluding steroid dienone is 3. The fourth-order valence-electron chi connectivity index (χ4n) is 3.73. The standard InChI is InChI=1S/C23H20ClN3O3/c1-13-16(8-9-17(24)19(13)23(28)29)21-20(15-10-11-25-18(12-15)30-2)26-22(27-21)14-6-4-3-5-7-14/h3-13,16H,1-2H3,(H,26,27)(H,28,29). The summed E-state index contributed by atoms with van der Waals surface area (Å²) < 4.78 is 5.27. The Balaban J connectivity index is 1.87. The van der Waals surface area contributed by atoms with Gasteiger partial charge in [0.15, 0.2) is 0 Å². The van der Waals surface area contributed by atoms with Crippen LogP contribution in [-0.2, 0) is 4.79 Å². The predicted molar refractivity (Wildman–Crippen MR) is 115 cm³/mol. The van der Waals surface area contributed by atoms with Gasteiger partial charge in [-0.3, -0.25) is 0 Å². The summed E-state index contributed by atoms with van der Waals surface area (Å²) in [7, 11) is 1.56. The van der Waals surface area contributed by atoms with Crippen LogP contribution in [0.1, 0.15) is 18.5 Å². The number of ether oxygens (including phenoxy) is 1. The first-order valence-electron chi connectivity index (χ1n) is 9.46. The highest BCUT2D eigenvalue weighted by Crippen LogP contribution is 2.42. The highest BCUT2D eigenvalue weighted by molar-refractivity contribution is 6.33. The van der Waals surface area contributed by atoms with Gasteiger partial charge in [-0.1, -0.05) is 54.9 Å². The number of benzene rings is 1. The largest absolute Gasteiger partial charge is 0.481 e. The quantitative estimate of drug-likeness (QED) is 0.604. The van der Waals surface area contributed by atoms with Gasteiger partial charge < -0.3 is 14.8 Å². The SMILES string of the molecule is COc1cc(-c2nc(-c3ccccc3)[nH]c2C2C=CC(Cl)=C(C(=O)O)C2C)ccn1. The van der Waals surface area contributed by atoms with Crippen molar-refractivity contribution in [3.8, 4) is 28.5 Å². The van der Waals surface area contributed by atoms with Crippen LogP contribution in [0.25, 0.3) is 22.6 Å². The Kier molecular flexibility index (Phi) is 5.42. The molecule has 2 atom stereocenters. The number of rotatable bonds is 5. The Morgan fingerprint density at radius 2 is 1.97 bits per heavy atom. The molecule has 0 bridgehead atoms. The van der Waals surface area contributed by atoms with Gasteiger partial charge in [0.05, 0.1) is 29.1 Å². The zero-order chi connectivity index (χ0) is 21.3. The van der Waals surface area contributed by atoms with Crippen molar-refractivity contribution in [2.75, 3.05) is 7.11 Å². The molecule has 0 saturated heterocycles. The predicted octanol–water partition coefficient (Wildman–Crippen LogP) is 5.01. The van der Waals surface area contributed by atoms with E-state index in [1.165, 1.54) is 0 Å². The van der Waals surface area contributed by atoms with Crippen molar-refractivity contribution in [3.05, 3.63) is 77.1 Å². The Morgan fingerprint density at radius 1 is 1.20 bits per heavy atom. The summed E-state index contributed by atoms with van der Waals surface area (Å²) in [5.41, 5.74) is 3.49. The Labute approximate surface area is 178 Å². The number of hydrogen-bond donors (Lipinski definition) is 2. The summed E-state index contributed by atoms with van der Waals surface area (Å²) >= 11 is 6.18. The average Bonchev–Trinajstić information content (AvgIpc) is 3.19. The van der Waals surface area contributed by atoms with Gasteiger partial charge in [-0.25, -0.2) is 14.8 Å². The maximum atomic E-state index is 11.8. The molecule has 3 aromatic rings. The second-order valence-electron chi connectivity index (χ2n) is 7.04. The van der Waals surface area contributed by atoms with Crippen LogP contribution >= 0.6 is 11.6 Å². The zero-order valence-corrected chi connectivity index (χ0v) is 17.2. The normalized spacial score (nSPS) is 18.5. The van der Waals surface area contributed by atoms with E-state index in [9.17, 15) is 9.90 Å². The molecule has 1 aliphatic rings. The molecule has 7 heteroatoms. The summed E-state index contributed by atoms with van der Waals surface area (Å²) in [5.74, 6) is -0.417. The van der Waals surface area contributed by atoms with Gasteiger partial charge in [0.1, 0.15) is 5.82 Å². The molecule has 1 aromatic carbocycles. The van der Waals surface area contributed by atoms with E-state index in [0.29, 0.717) is 11.7 Å². The highest BCUT2D eigenvalue weighted by Gasteiger charge is 2.33. The number of pyridine rings is 1. The molecule has 0 amide bonds. The highest BCUT2D eigenvalue weighted by atomic mass is 35.5. The molecule has 6 nitrogen and oxygen atoms in total. The molecule has 0 saturated carbocycles. The van der Waals surface area contributed by atoms with Gasteiger partial charge in [0, 0.05) is 35.2 Å². The molecule has 0 spiro atoms. The average molecular weight is 422 g/mol. The number of hydrogen-bond acceptors (Lipinski definition) is 4. The number of aliphatic carboxylic acids is 1. The number of H-pyrrole nitrogens is 1. The van der Waals surface area contributed by atoms with Crippen LogP contribution in [0.3, 0.4) is 0 Å². The molecule has 1 aliphatic carbocycles. The van der Waals surface area contributed by atoms with Crippen molar-refractivity contribution >= 4 is 17.6 Å². The second kappa shape index (κ2) is 8.16. The molecule has 2 heterocycles. The van der Waals surface area contributed by atoms with E-state index < -0.39 is 5.97 Å². The molecule has 30 heavy (non-hydrogen) atoms. The third kappa shape index (κ3) is 3.62. The van der Waals surface area contributed by atoms with Crippen LogP contribution in [0.2, 0.25) is 0 Å². The van der Waals surface area contributed by atoms with E-state index >= 15 is 0 Å². The molecule has 2 N–H and O–H groups in total. The second-order valence-corrected chi connectivity index (χ2v) is 7.45. The van der Waals surface area contributed by atoms with E-state index in [1.807, 2.05) is 55.5 Å². The van der Waals surface area contributed by atoms with Gasteiger partial charge in [0.2, 0.25) is 5.88 Å². The first-order valence-corrected chi connectivity index (χ1v) is 9.84. The maximum absolute atomic E-state index is 11.8. The lowest BCUT2D eigenvalue weighted by Gasteiger charge is -2.25. The summed E-state index contributed by atoms with van der Waals surface area (Å²) in [6.45, 7) is 1.86. The minimum atomic E-state index is -1.02. The number of nitrogens with one attached hydrogen (secondary N) is 1. The van der Waals surface area contributed by atoms with Crippen molar-refractivity contribution < 1.29 is 14.6 Å². The third-order valence-corrected chi connectivity index (χ3v) is 5.59. The van der Waals surface area contributed by atoms with Gasteiger partial charge in [-0.05, 0) is 12.1 Å². The number of carbonyl (C=O) groups is 1. The van der Waals surface area contributed by atoms with Crippen molar-refractivity contribution in [2.24, 2.45) is 5.92 Å². The molecule has 152 valence electrons. The number of carboxylic acid groups (broad SMARTS) is 1. The third-order valence-electron chi connectivity index (χ3n) is 5.26. The van der Waals surface area contributed by atoms with Gasteiger partial charge >= 0.3 is 5.97 Å². The lowest BCUT2D eigenvalue weighted by molar-refractivity contribution is -0.133. The molecule has 2 aromatic heterocycles. The van der Waals surface area contributed by atoms with E-state index in [1.54, 1.807) is 19.4 Å². The molecule has 0 aliphatic heterocycles. The summed E-state index contributed by atoms with van der Waals surface area (Å²) in [6.07, 6.45) is 5.23. The molecule has 0 fully saturated rings. The number of carboxylic acids is 1. The van der Waals surface area contributed by atoms with Crippen molar-refractivity contribution in [1.29, 1.82) is 0 Å². The lowest BCUT2D eigenvalue weighted by Crippen LogP contribution is -2.20. The molecule has 4 rings (SSSR count). The van der Waals surface area contributed by atoms with Crippen LogP contribution in [0.15, 0.2) is 71.4 Å². The Bertz CT molecular complexity index is 1150. The van der Waals surface area contributed by atoms with Crippen LogP contribution < -0.4 is 4.74 Å². The first-order chi connectivity index (χ1) is 14.5. The number of imidazole rings is 1. The van der Waals surface area contributed by atoms with Gasteiger partial charge in [-0.2, -0.15) is 0 Å². The fourth-order valence-corrected chi connectivity index (χ4v) is 4.06. The van der Waals surface area contributed by atoms with E-state index in [-0.39, 0.29) is 22.4 Å². The monoisotopic (exact) mass is 421 g/mol. The van der Waals surface area contributed by atoms with E-state index in [4.69, 9.17) is 21.3 Å². The number of halogens is 1. The topological polar surface area (TPSA) is 88.1 Å². The van der Waals surface area contributed by atoms with E-state index in [0.717, 1.165) is 22.5 Å². The molecular weight excluding hydrogens is 402 g/mol. The fraction of sp³-hybridized carbons (Fsp3) is 0.174. The minimum Gasteiger partial charge on any atom is -0.481 e. The van der Waals surface area contributed by atoms with Crippen LogP contribution in [0, 0.1) is 5.92 Å². The van der Waals surface area contributed by atoms with E-state index in [2.05, 4.69) is 9.97 Å². The zero-order valence-electron chi connectivity index (χ0n) is 16.5. The number of aromatic nitrogens is 3. The summed E-state index contributed by atoms with van der Waals surface area (Å²) in [5, 5.41) is 9.91. The van der Waals surface area contributed by atoms with Crippen molar-refractivity contribution in [2.45, 2.75) is 12.8 Å². The number of aromatic amines is 1. The maximum Gasteiger partial charge on any atom is 0.333 e. The number of methoxy groups -OCH3 is 1. The van der Waals surface area contributed by atoms with Crippen LogP contribution in [-0.4, -0.2) is 33.1 Å². The van der Waals surface area contributed by atoms with Crippen LogP contribution in [0.4, 0.5) is 0 Å². The van der Waals surface area contributed by atoms with Crippen molar-refractivity contribution in [3.63, 3.8) is 0 Å². The number of nitrogens with zero attached hydrogens (tertiary/aromatic N) is 2. The molecule has 2 unspecified atom stereocenters. The Hall–Kier alpha value is -3.38. The van der Waals surface area contributed by atoms with Crippen LogP contribution in [0.5, 0.6) is 5.88 Å². The smallest absolute Gasteiger partial charge is 0.333 e. The lowest BCUT2D eigenvalue weighted by atomic mass is 9.80. The minimum absolute atomic E-state index is 0.193. The molecular formula is C23H20ClN3O3. The van der Waals surface area contributed by atoms with Crippen molar-refractivity contribution in [1.82, 2.24) is 15.0 Å². The summed E-state index contributed by atoms with van der Waals surface area (Å²) in [6, 6.07) is 13.4. The molecule has 0 radical (unpaired) electrons. The first kappa shape index (κ1) is 19.9. The van der Waals surface area contributed by atoms with Gasteiger partial charge in [0.25, 0.3) is 0 Å².